The lowest BCUT2D eigenvalue weighted by atomic mass is 10.4. The smallest absolute Gasteiger partial charge is 0.0131 e. The molecule has 0 unspecified atom stereocenters. The van der Waals surface area contributed by atoms with Crippen LogP contribution in [0.5, 0.6) is 0 Å². The quantitative estimate of drug-likeness (QED) is 0.720. The van der Waals surface area contributed by atoms with Crippen LogP contribution in [0.25, 0.3) is 0 Å². The fourth-order valence-corrected chi connectivity index (χ4v) is 11.0. The fourth-order valence-electron chi connectivity index (χ4n) is 3.00. The first-order chi connectivity index (χ1) is 9.19. The van der Waals surface area contributed by atoms with Gasteiger partial charge in [0.05, 0.1) is 0 Å². The zero-order valence-corrected chi connectivity index (χ0v) is 13.4. The molecular weight excluding hydrogens is 266 g/mol. The lowest BCUT2D eigenvalue weighted by molar-refractivity contribution is 1.01. The third-order valence-corrected chi connectivity index (χ3v) is 11.6. The van der Waals surface area contributed by atoms with Crippen LogP contribution in [-0.2, 0) is 0 Å². The van der Waals surface area contributed by atoms with Gasteiger partial charge in [-0.05, 0) is 22.9 Å². The molecule has 2 atom stereocenters. The van der Waals surface area contributed by atoms with Crippen LogP contribution >= 0.6 is 15.8 Å². The molecule has 2 aromatic rings. The predicted octanol–water partition coefficient (Wildman–Crippen LogP) is 4.35. The van der Waals surface area contributed by atoms with Crippen LogP contribution in [0.1, 0.15) is 13.8 Å². The molecule has 0 N–H and O–H groups in total. The Kier molecular flexibility index (Phi) is 3.75. The Balaban J connectivity index is 1.92. The fraction of sp³-hybridized carbons (Fsp3) is 0.294. The van der Waals surface area contributed by atoms with E-state index in [1.165, 1.54) is 12.3 Å². The monoisotopic (exact) mass is 286 g/mol. The molecule has 3 rings (SSSR count). The zero-order chi connectivity index (χ0) is 13.3. The highest BCUT2D eigenvalue weighted by molar-refractivity contribution is 7.87. The zero-order valence-electron chi connectivity index (χ0n) is 11.6. The van der Waals surface area contributed by atoms with Crippen molar-refractivity contribution in [3.05, 3.63) is 60.7 Å². The molecule has 1 heterocycles. The topological polar surface area (TPSA) is 0 Å². The maximum Gasteiger partial charge on any atom is 0.0131 e. The third-order valence-electron chi connectivity index (χ3n) is 4.00. The van der Waals surface area contributed by atoms with Crippen LogP contribution in [-0.4, -0.2) is 17.2 Å². The minimum absolute atomic E-state index is 0.0176. The van der Waals surface area contributed by atoms with Crippen LogP contribution < -0.4 is 10.6 Å². The Labute approximate surface area is 118 Å². The minimum atomic E-state index is -0.0176. The van der Waals surface area contributed by atoms with Crippen molar-refractivity contribution in [2.75, 3.05) is 12.3 Å². The molecular formula is C17H20P2. The highest BCUT2D eigenvalue weighted by Crippen LogP contribution is 2.71. The molecule has 98 valence electrons. The van der Waals surface area contributed by atoms with Gasteiger partial charge in [0.15, 0.2) is 0 Å². The van der Waals surface area contributed by atoms with Crippen molar-refractivity contribution < 1.29 is 0 Å². The standard InChI is InChI=1S/C17H20P2/c1-17(2)18(15-9-5-3-6-10-15)13-14-19(17)16-11-7-4-8-12-16/h3-12H,13-14H2,1-2H3/t18-,19-/m1/s1. The molecule has 1 saturated heterocycles. The van der Waals surface area contributed by atoms with E-state index < -0.39 is 0 Å². The maximum atomic E-state index is 2.50. The van der Waals surface area contributed by atoms with E-state index in [1.807, 2.05) is 0 Å². The summed E-state index contributed by atoms with van der Waals surface area (Å²) in [6, 6.07) is 22.3. The number of benzene rings is 2. The van der Waals surface area contributed by atoms with Crippen molar-refractivity contribution in [3.8, 4) is 0 Å². The first-order valence-corrected chi connectivity index (χ1v) is 9.90. The van der Waals surface area contributed by atoms with Crippen molar-refractivity contribution in [1.29, 1.82) is 0 Å². The van der Waals surface area contributed by atoms with Crippen molar-refractivity contribution in [2.24, 2.45) is 0 Å². The Hall–Kier alpha value is -0.700. The lowest BCUT2D eigenvalue weighted by Gasteiger charge is -2.34. The molecule has 0 amide bonds. The molecule has 2 heteroatoms. The Morgan fingerprint density at radius 3 is 1.42 bits per heavy atom. The number of hydrogen-bond acceptors (Lipinski definition) is 0. The van der Waals surface area contributed by atoms with Gasteiger partial charge in [-0.15, -0.1) is 0 Å². The molecule has 2 aromatic carbocycles. The van der Waals surface area contributed by atoms with E-state index in [0.717, 1.165) is 0 Å². The summed E-state index contributed by atoms with van der Waals surface area (Å²) in [6.07, 6.45) is 2.79. The van der Waals surface area contributed by atoms with Crippen LogP contribution in [0.4, 0.5) is 0 Å². The second-order valence-corrected chi connectivity index (χ2v) is 11.7. The minimum Gasteiger partial charge on any atom is -0.0645 e. The van der Waals surface area contributed by atoms with Gasteiger partial charge < -0.3 is 0 Å². The van der Waals surface area contributed by atoms with Crippen molar-refractivity contribution >= 4 is 26.5 Å². The van der Waals surface area contributed by atoms with Gasteiger partial charge in [0.1, 0.15) is 0 Å². The molecule has 19 heavy (non-hydrogen) atoms. The normalized spacial score (nSPS) is 25.4. The average Bonchev–Trinajstić information content (AvgIpc) is 2.76. The van der Waals surface area contributed by atoms with Gasteiger partial charge in [-0.3, -0.25) is 0 Å². The Morgan fingerprint density at radius 2 is 1.05 bits per heavy atom. The first kappa shape index (κ1) is 13.3. The van der Waals surface area contributed by atoms with E-state index in [1.54, 1.807) is 10.6 Å². The first-order valence-electron chi connectivity index (χ1n) is 6.85. The van der Waals surface area contributed by atoms with Gasteiger partial charge in [-0.1, -0.05) is 90.4 Å². The van der Waals surface area contributed by atoms with Crippen molar-refractivity contribution in [3.63, 3.8) is 0 Å². The summed E-state index contributed by atoms with van der Waals surface area (Å²) >= 11 is 0. The van der Waals surface area contributed by atoms with Gasteiger partial charge in [-0.25, -0.2) is 0 Å². The summed E-state index contributed by atoms with van der Waals surface area (Å²) in [7, 11) is -0.0352. The summed E-state index contributed by atoms with van der Waals surface area (Å²) in [5.41, 5.74) is 0. The molecule has 0 saturated carbocycles. The van der Waals surface area contributed by atoms with E-state index in [4.69, 9.17) is 0 Å². The summed E-state index contributed by atoms with van der Waals surface area (Å²) in [5.74, 6) is 0. The van der Waals surface area contributed by atoms with Gasteiger partial charge in [-0.2, -0.15) is 0 Å². The summed E-state index contributed by atoms with van der Waals surface area (Å²) in [6.45, 7) is 4.99. The maximum absolute atomic E-state index is 2.50. The van der Waals surface area contributed by atoms with Crippen molar-refractivity contribution in [1.82, 2.24) is 0 Å². The van der Waals surface area contributed by atoms with Crippen LogP contribution in [0, 0.1) is 0 Å². The number of rotatable bonds is 2. The molecule has 0 aromatic heterocycles. The second-order valence-electron chi connectivity index (χ2n) is 5.47. The molecule has 0 radical (unpaired) electrons. The van der Waals surface area contributed by atoms with E-state index in [0.29, 0.717) is 4.90 Å². The molecule has 0 aliphatic carbocycles. The molecule has 1 aliphatic rings. The van der Waals surface area contributed by atoms with E-state index in [9.17, 15) is 0 Å². The molecule has 0 spiro atoms. The lowest BCUT2D eigenvalue weighted by Crippen LogP contribution is -2.21. The summed E-state index contributed by atoms with van der Waals surface area (Å²) in [4.78, 5) is 0.466. The van der Waals surface area contributed by atoms with E-state index in [2.05, 4.69) is 74.5 Å². The van der Waals surface area contributed by atoms with Crippen LogP contribution in [0.15, 0.2) is 60.7 Å². The van der Waals surface area contributed by atoms with E-state index in [-0.39, 0.29) is 15.8 Å². The highest BCUT2D eigenvalue weighted by atomic mass is 31.2. The van der Waals surface area contributed by atoms with Crippen LogP contribution in [0.3, 0.4) is 0 Å². The van der Waals surface area contributed by atoms with E-state index >= 15 is 0 Å². The molecule has 1 aliphatic heterocycles. The van der Waals surface area contributed by atoms with Gasteiger partial charge in [0.25, 0.3) is 0 Å². The largest absolute Gasteiger partial charge is 0.0645 e. The Morgan fingerprint density at radius 1 is 0.684 bits per heavy atom. The Bertz CT molecular complexity index is 484. The third kappa shape index (κ3) is 2.49. The van der Waals surface area contributed by atoms with Crippen LogP contribution in [0.2, 0.25) is 0 Å². The van der Waals surface area contributed by atoms with Gasteiger partial charge in [0, 0.05) is 4.90 Å². The predicted molar refractivity (Wildman–Crippen MR) is 89.8 cm³/mol. The van der Waals surface area contributed by atoms with Crippen molar-refractivity contribution in [2.45, 2.75) is 18.7 Å². The van der Waals surface area contributed by atoms with Gasteiger partial charge in [0.2, 0.25) is 0 Å². The second kappa shape index (κ2) is 5.35. The summed E-state index contributed by atoms with van der Waals surface area (Å²) in [5, 5.41) is 3.17. The molecule has 1 fully saturated rings. The SMILES string of the molecule is CC1(C)[P@@](c2ccccc2)CC[P@]1c1ccccc1. The van der Waals surface area contributed by atoms with Gasteiger partial charge >= 0.3 is 0 Å². The highest BCUT2D eigenvalue weighted by Gasteiger charge is 2.43. The molecule has 0 bridgehead atoms. The average molecular weight is 286 g/mol. The number of hydrogen-bond donors (Lipinski definition) is 0. The molecule has 0 nitrogen and oxygen atoms in total. The summed E-state index contributed by atoms with van der Waals surface area (Å²) < 4.78 is 0.